The zero-order valence-electron chi connectivity index (χ0n) is 19.6. The van der Waals surface area contributed by atoms with Crippen molar-refractivity contribution < 1.29 is 19.0 Å². The molecule has 180 valence electrons. The molecule has 0 saturated carbocycles. The van der Waals surface area contributed by atoms with E-state index in [4.69, 9.17) is 25.8 Å². The maximum Gasteiger partial charge on any atom is 0.264 e. The van der Waals surface area contributed by atoms with Crippen LogP contribution in [0.2, 0.25) is 5.02 Å². The monoisotopic (exact) mass is 508 g/mol. The maximum absolute atomic E-state index is 12.5. The molecule has 1 aliphatic rings. The largest absolute Gasteiger partial charge is 0.494 e. The molecule has 0 radical (unpaired) electrons. The molecule has 1 amide bonds. The fraction of sp³-hybridized carbons (Fsp3) is 0.185. The lowest BCUT2D eigenvalue weighted by atomic mass is 10.1. The van der Waals surface area contributed by atoms with Gasteiger partial charge in [-0.05, 0) is 79.2 Å². The van der Waals surface area contributed by atoms with Gasteiger partial charge in [-0.25, -0.2) is 4.99 Å². The summed E-state index contributed by atoms with van der Waals surface area (Å²) in [4.78, 5) is 17.5. The molecule has 1 saturated heterocycles. The number of benzene rings is 3. The van der Waals surface area contributed by atoms with E-state index in [1.54, 1.807) is 25.3 Å². The molecule has 3 aromatic rings. The van der Waals surface area contributed by atoms with Gasteiger partial charge in [-0.15, -0.1) is 0 Å². The van der Waals surface area contributed by atoms with Crippen molar-refractivity contribution >= 4 is 46.2 Å². The van der Waals surface area contributed by atoms with Gasteiger partial charge in [-0.3, -0.25) is 4.79 Å². The van der Waals surface area contributed by atoms with E-state index in [0.29, 0.717) is 39.8 Å². The average molecular weight is 509 g/mol. The highest BCUT2D eigenvalue weighted by molar-refractivity contribution is 8.18. The summed E-state index contributed by atoms with van der Waals surface area (Å²) in [6.07, 6.45) is 1.75. The van der Waals surface area contributed by atoms with Crippen molar-refractivity contribution in [2.75, 3.05) is 13.7 Å². The van der Waals surface area contributed by atoms with Crippen molar-refractivity contribution in [2.24, 2.45) is 4.99 Å². The van der Waals surface area contributed by atoms with Gasteiger partial charge in [0.05, 0.1) is 29.3 Å². The van der Waals surface area contributed by atoms with Crippen molar-refractivity contribution in [1.29, 1.82) is 0 Å². The van der Waals surface area contributed by atoms with Gasteiger partial charge < -0.3 is 19.5 Å². The van der Waals surface area contributed by atoms with Gasteiger partial charge in [-0.1, -0.05) is 41.4 Å². The number of thioether (sulfide) groups is 1. The number of aryl methyl sites for hydroxylation is 1. The second-order valence-corrected chi connectivity index (χ2v) is 9.16. The summed E-state index contributed by atoms with van der Waals surface area (Å²) in [6.45, 7) is 4.93. The Morgan fingerprint density at radius 2 is 1.89 bits per heavy atom. The van der Waals surface area contributed by atoms with Crippen molar-refractivity contribution in [2.45, 2.75) is 20.5 Å². The van der Waals surface area contributed by atoms with Crippen molar-refractivity contribution in [3.63, 3.8) is 0 Å². The smallest absolute Gasteiger partial charge is 0.264 e. The van der Waals surface area contributed by atoms with Gasteiger partial charge in [0.1, 0.15) is 12.4 Å². The van der Waals surface area contributed by atoms with Gasteiger partial charge in [0.15, 0.2) is 16.7 Å². The number of amidine groups is 1. The summed E-state index contributed by atoms with van der Waals surface area (Å²) in [5.41, 5.74) is 3.63. The van der Waals surface area contributed by atoms with E-state index in [-0.39, 0.29) is 5.91 Å². The Kier molecular flexibility index (Phi) is 8.00. The molecule has 3 aromatic carbocycles. The molecule has 4 rings (SSSR count). The molecule has 8 heteroatoms. The number of rotatable bonds is 8. The van der Waals surface area contributed by atoms with Gasteiger partial charge in [-0.2, -0.15) is 0 Å². The second-order valence-electron chi connectivity index (χ2n) is 7.72. The number of nitrogens with zero attached hydrogens (tertiary/aromatic N) is 1. The molecule has 0 bridgehead atoms. The molecule has 1 N–H and O–H groups in total. The summed E-state index contributed by atoms with van der Waals surface area (Å²) >= 11 is 7.79. The van der Waals surface area contributed by atoms with Gasteiger partial charge in [0.2, 0.25) is 0 Å². The molecule has 0 aliphatic carbocycles. The van der Waals surface area contributed by atoms with Gasteiger partial charge in [0.25, 0.3) is 5.91 Å². The molecule has 6 nitrogen and oxygen atoms in total. The fourth-order valence-corrected chi connectivity index (χ4v) is 4.57. The van der Waals surface area contributed by atoms with E-state index in [1.165, 1.54) is 11.8 Å². The van der Waals surface area contributed by atoms with Crippen LogP contribution in [0.1, 0.15) is 23.6 Å². The first-order valence-electron chi connectivity index (χ1n) is 11.0. The number of aliphatic imine (C=N–C) groups is 1. The summed E-state index contributed by atoms with van der Waals surface area (Å²) in [6, 6.07) is 19.0. The van der Waals surface area contributed by atoms with Crippen LogP contribution in [0.25, 0.3) is 6.08 Å². The number of hydrogen-bond acceptors (Lipinski definition) is 6. The van der Waals surface area contributed by atoms with Crippen LogP contribution in [0.5, 0.6) is 17.2 Å². The van der Waals surface area contributed by atoms with Crippen LogP contribution in [0.4, 0.5) is 5.69 Å². The van der Waals surface area contributed by atoms with E-state index in [1.807, 2.05) is 56.3 Å². The summed E-state index contributed by atoms with van der Waals surface area (Å²) in [5.74, 6) is 1.50. The van der Waals surface area contributed by atoms with E-state index >= 15 is 0 Å². The quantitative estimate of drug-likeness (QED) is 0.350. The lowest BCUT2D eigenvalue weighted by Gasteiger charge is -2.14. The Balaban J connectivity index is 1.50. The van der Waals surface area contributed by atoms with E-state index in [9.17, 15) is 4.79 Å². The number of carbonyl (C=O) groups is 1. The number of nitrogens with one attached hydrogen (secondary N) is 1. The molecule has 0 aromatic heterocycles. The fourth-order valence-electron chi connectivity index (χ4n) is 3.45. The highest BCUT2D eigenvalue weighted by Crippen LogP contribution is 2.38. The minimum atomic E-state index is -0.227. The lowest BCUT2D eigenvalue weighted by molar-refractivity contribution is -0.115. The zero-order chi connectivity index (χ0) is 24.8. The predicted molar refractivity (Wildman–Crippen MR) is 142 cm³/mol. The first-order valence-corrected chi connectivity index (χ1v) is 12.2. The number of halogens is 1. The Morgan fingerprint density at radius 1 is 1.09 bits per heavy atom. The Labute approximate surface area is 214 Å². The predicted octanol–water partition coefficient (Wildman–Crippen LogP) is 6.53. The molecular weight excluding hydrogens is 484 g/mol. The summed E-state index contributed by atoms with van der Waals surface area (Å²) in [5, 5.41) is 3.70. The average Bonchev–Trinajstić information content (AvgIpc) is 3.17. The highest BCUT2D eigenvalue weighted by atomic mass is 35.5. The van der Waals surface area contributed by atoms with Gasteiger partial charge >= 0.3 is 0 Å². The highest BCUT2D eigenvalue weighted by Gasteiger charge is 2.24. The number of ether oxygens (including phenoxy) is 3. The first kappa shape index (κ1) is 24.7. The third kappa shape index (κ3) is 6.38. The first-order chi connectivity index (χ1) is 16.9. The Morgan fingerprint density at radius 3 is 2.60 bits per heavy atom. The summed E-state index contributed by atoms with van der Waals surface area (Å²) in [7, 11) is 1.56. The van der Waals surface area contributed by atoms with Crippen LogP contribution < -0.4 is 19.5 Å². The van der Waals surface area contributed by atoms with Crippen LogP contribution in [0, 0.1) is 6.92 Å². The third-order valence-electron chi connectivity index (χ3n) is 5.04. The molecule has 1 heterocycles. The van der Waals surface area contributed by atoms with Crippen molar-refractivity contribution in [1.82, 2.24) is 5.32 Å². The maximum atomic E-state index is 12.5. The third-order valence-corrected chi connectivity index (χ3v) is 6.24. The molecule has 1 aliphatic heterocycles. The van der Waals surface area contributed by atoms with E-state index in [0.717, 1.165) is 28.1 Å². The number of hydrogen-bond donors (Lipinski definition) is 1. The van der Waals surface area contributed by atoms with Crippen molar-refractivity contribution in [3.8, 4) is 17.2 Å². The molecule has 35 heavy (non-hydrogen) atoms. The second kappa shape index (κ2) is 11.3. The zero-order valence-corrected chi connectivity index (χ0v) is 21.2. The normalized spacial score (nSPS) is 15.4. The minimum absolute atomic E-state index is 0.227. The molecule has 1 fully saturated rings. The molecular formula is C27H25ClN2O4S. The molecule has 0 unspecified atom stereocenters. The summed E-state index contributed by atoms with van der Waals surface area (Å²) < 4.78 is 16.9. The van der Waals surface area contributed by atoms with Crippen LogP contribution in [-0.4, -0.2) is 24.8 Å². The number of amides is 1. The van der Waals surface area contributed by atoms with Crippen LogP contribution >= 0.6 is 23.4 Å². The minimum Gasteiger partial charge on any atom is -0.494 e. The van der Waals surface area contributed by atoms with Crippen LogP contribution in [0.15, 0.2) is 70.6 Å². The number of methoxy groups -OCH3 is 1. The lowest BCUT2D eigenvalue weighted by Crippen LogP contribution is -2.19. The number of carbonyl (C=O) groups excluding carboxylic acids is 1. The topological polar surface area (TPSA) is 69.2 Å². The molecule has 0 atom stereocenters. The standard InChI is InChI=1S/C27H25ClN2O4S/c1-4-33-21-10-8-20(9-11-21)29-27-30-26(31)24(35-27)15-19-13-22(28)25(23(14-19)32-3)34-16-18-7-5-6-17(2)12-18/h5-15H,4,16H2,1-3H3,(H,29,30,31)/b24-15+. The SMILES string of the molecule is CCOc1ccc(N=C2NC(=O)/C(=C\c3cc(Cl)c(OCc4cccc(C)c4)c(OC)c3)S2)cc1. The Hall–Kier alpha value is -3.42. The Bertz CT molecular complexity index is 1290. The van der Waals surface area contributed by atoms with Crippen LogP contribution in [0.3, 0.4) is 0 Å². The van der Waals surface area contributed by atoms with Gasteiger partial charge in [0, 0.05) is 0 Å². The van der Waals surface area contributed by atoms with E-state index < -0.39 is 0 Å². The van der Waals surface area contributed by atoms with Crippen LogP contribution in [-0.2, 0) is 11.4 Å². The van der Waals surface area contributed by atoms with E-state index in [2.05, 4.69) is 16.4 Å². The molecule has 0 spiro atoms. The van der Waals surface area contributed by atoms with Crippen molar-refractivity contribution in [3.05, 3.63) is 87.3 Å².